The molecule has 3 N–H and O–H groups in total. The van der Waals surface area contributed by atoms with Crippen molar-refractivity contribution in [2.75, 3.05) is 18.5 Å². The first kappa shape index (κ1) is 14.1. The van der Waals surface area contributed by atoms with Crippen molar-refractivity contribution in [2.45, 2.75) is 26.0 Å². The van der Waals surface area contributed by atoms with Crippen LogP contribution in [0.1, 0.15) is 13.3 Å². The van der Waals surface area contributed by atoms with Crippen molar-refractivity contribution in [3.63, 3.8) is 0 Å². The fraction of sp³-hybridized carbons (Fsp3) is 0.600. The van der Waals surface area contributed by atoms with Gasteiger partial charge in [-0.15, -0.1) is 0 Å². The van der Waals surface area contributed by atoms with Crippen LogP contribution in [0.15, 0.2) is 15.5 Å². The number of anilines is 1. The second kappa shape index (κ2) is 6.73. The highest BCUT2D eigenvalue weighted by atomic mass is 79.9. The van der Waals surface area contributed by atoms with Crippen molar-refractivity contribution in [3.8, 4) is 0 Å². The highest BCUT2D eigenvalue weighted by Crippen LogP contribution is 2.15. The lowest BCUT2D eigenvalue weighted by molar-refractivity contribution is 0.188. The lowest BCUT2D eigenvalue weighted by Gasteiger charge is -2.10. The summed E-state index contributed by atoms with van der Waals surface area (Å²) in [6, 6.07) is 0. The number of rotatable bonds is 6. The summed E-state index contributed by atoms with van der Waals surface area (Å²) in [5.74, 6) is 0. The molecule has 0 amide bonds. The molecule has 0 aliphatic rings. The predicted octanol–water partition coefficient (Wildman–Crippen LogP) is 0.181. The van der Waals surface area contributed by atoms with Crippen LogP contribution in [0.4, 0.5) is 5.69 Å². The number of hydrogen-bond acceptors (Lipinski definition) is 5. The van der Waals surface area contributed by atoms with E-state index in [0.29, 0.717) is 23.1 Å². The third-order valence-corrected chi connectivity index (χ3v) is 2.94. The second-order valence-corrected chi connectivity index (χ2v) is 4.48. The topological polar surface area (TPSA) is 87.4 Å². The van der Waals surface area contributed by atoms with Crippen LogP contribution >= 0.6 is 15.9 Å². The van der Waals surface area contributed by atoms with E-state index < -0.39 is 0 Å². The Kier molecular flexibility index (Phi) is 5.60. The maximum absolute atomic E-state index is 11.7. The van der Waals surface area contributed by atoms with Gasteiger partial charge in [-0.2, -0.15) is 5.10 Å². The van der Waals surface area contributed by atoms with Crippen LogP contribution in [0.2, 0.25) is 0 Å². The number of aromatic nitrogens is 2. The van der Waals surface area contributed by atoms with Gasteiger partial charge >= 0.3 is 0 Å². The minimum Gasteiger partial charge on any atom is -0.394 e. The first-order chi connectivity index (χ1) is 8.06. The summed E-state index contributed by atoms with van der Waals surface area (Å²) in [5, 5.41) is 24.8. The number of nitrogens with one attached hydrogen (secondary N) is 1. The Hall–Kier alpha value is -0.920. The van der Waals surface area contributed by atoms with Crippen LogP contribution in [0.3, 0.4) is 0 Å². The van der Waals surface area contributed by atoms with Gasteiger partial charge in [0.2, 0.25) is 0 Å². The van der Waals surface area contributed by atoms with Gasteiger partial charge in [-0.05, 0) is 29.3 Å². The molecule has 1 aromatic rings. The van der Waals surface area contributed by atoms with Crippen LogP contribution in [0.25, 0.3) is 0 Å². The quantitative estimate of drug-likeness (QED) is 0.698. The zero-order chi connectivity index (χ0) is 12.8. The maximum Gasteiger partial charge on any atom is 0.283 e. The Morgan fingerprint density at radius 2 is 2.35 bits per heavy atom. The van der Waals surface area contributed by atoms with E-state index in [-0.39, 0.29) is 24.8 Å². The Labute approximate surface area is 107 Å². The van der Waals surface area contributed by atoms with Gasteiger partial charge in [0.25, 0.3) is 5.56 Å². The zero-order valence-electron chi connectivity index (χ0n) is 9.56. The number of aliphatic hydroxyl groups excluding tert-OH is 2. The molecule has 0 radical (unpaired) electrons. The molecule has 0 saturated carbocycles. The third kappa shape index (κ3) is 4.10. The molecule has 0 aliphatic heterocycles. The molecule has 0 aromatic carbocycles. The summed E-state index contributed by atoms with van der Waals surface area (Å²) in [6.07, 6.45) is 1.72. The zero-order valence-corrected chi connectivity index (χ0v) is 11.1. The van der Waals surface area contributed by atoms with Crippen molar-refractivity contribution in [1.29, 1.82) is 0 Å². The van der Waals surface area contributed by atoms with Gasteiger partial charge < -0.3 is 15.5 Å². The number of hydrogen-bond donors (Lipinski definition) is 3. The molecule has 96 valence electrons. The predicted molar refractivity (Wildman–Crippen MR) is 68.1 cm³/mol. The summed E-state index contributed by atoms with van der Waals surface area (Å²) in [7, 11) is 0. The van der Waals surface area contributed by atoms with E-state index in [2.05, 4.69) is 26.3 Å². The monoisotopic (exact) mass is 305 g/mol. The van der Waals surface area contributed by atoms with E-state index in [9.17, 15) is 4.79 Å². The number of halogens is 1. The van der Waals surface area contributed by atoms with Crippen molar-refractivity contribution in [2.24, 2.45) is 0 Å². The van der Waals surface area contributed by atoms with Gasteiger partial charge in [-0.3, -0.25) is 4.79 Å². The van der Waals surface area contributed by atoms with Crippen molar-refractivity contribution < 1.29 is 10.2 Å². The van der Waals surface area contributed by atoms with Crippen LogP contribution in [0, 0.1) is 0 Å². The average Bonchev–Trinajstić information content (AvgIpc) is 2.28. The average molecular weight is 306 g/mol. The van der Waals surface area contributed by atoms with Crippen molar-refractivity contribution in [3.05, 3.63) is 21.0 Å². The standard InChI is InChI=1S/C10H16BrN3O3/c1-7(16)2-3-12-8-6-13-14(4-5-15)10(17)9(8)11/h6-7,12,15-16H,2-5H2,1H3. The van der Waals surface area contributed by atoms with E-state index >= 15 is 0 Å². The van der Waals surface area contributed by atoms with E-state index in [4.69, 9.17) is 10.2 Å². The van der Waals surface area contributed by atoms with Crippen molar-refractivity contribution >= 4 is 21.6 Å². The summed E-state index contributed by atoms with van der Waals surface area (Å²) in [4.78, 5) is 11.7. The van der Waals surface area contributed by atoms with Crippen LogP contribution < -0.4 is 10.9 Å². The normalized spacial score (nSPS) is 12.5. The van der Waals surface area contributed by atoms with Crippen LogP contribution in [-0.4, -0.2) is 39.2 Å². The van der Waals surface area contributed by atoms with E-state index in [1.165, 1.54) is 10.9 Å². The lowest BCUT2D eigenvalue weighted by atomic mass is 10.3. The SMILES string of the molecule is CC(O)CCNc1cnn(CCO)c(=O)c1Br. The summed E-state index contributed by atoms with van der Waals surface area (Å²) >= 11 is 3.19. The van der Waals surface area contributed by atoms with E-state index in [0.717, 1.165) is 0 Å². The van der Waals surface area contributed by atoms with E-state index in [1.54, 1.807) is 6.92 Å². The van der Waals surface area contributed by atoms with Gasteiger partial charge in [0, 0.05) is 6.54 Å². The molecule has 0 bridgehead atoms. The minimum atomic E-state index is -0.385. The highest BCUT2D eigenvalue weighted by molar-refractivity contribution is 9.10. The van der Waals surface area contributed by atoms with Crippen LogP contribution in [-0.2, 0) is 6.54 Å². The molecule has 1 rings (SSSR count). The van der Waals surface area contributed by atoms with Crippen LogP contribution in [0.5, 0.6) is 0 Å². The highest BCUT2D eigenvalue weighted by Gasteiger charge is 2.08. The Morgan fingerprint density at radius 3 is 2.94 bits per heavy atom. The summed E-state index contributed by atoms with van der Waals surface area (Å²) < 4.78 is 1.57. The largest absolute Gasteiger partial charge is 0.394 e. The second-order valence-electron chi connectivity index (χ2n) is 3.69. The summed E-state index contributed by atoms with van der Waals surface area (Å²) in [6.45, 7) is 2.30. The smallest absolute Gasteiger partial charge is 0.283 e. The molecule has 7 heteroatoms. The molecule has 1 unspecified atom stereocenters. The van der Waals surface area contributed by atoms with E-state index in [1.807, 2.05) is 0 Å². The molecule has 1 heterocycles. The Bertz CT molecular complexity index is 420. The van der Waals surface area contributed by atoms with Gasteiger partial charge in [0.1, 0.15) is 4.47 Å². The minimum absolute atomic E-state index is 0.131. The number of aliphatic hydroxyl groups is 2. The van der Waals surface area contributed by atoms with Crippen molar-refractivity contribution in [1.82, 2.24) is 9.78 Å². The Balaban J connectivity index is 2.75. The molecule has 17 heavy (non-hydrogen) atoms. The van der Waals surface area contributed by atoms with Gasteiger partial charge in [0.15, 0.2) is 0 Å². The molecule has 0 saturated heterocycles. The molecular weight excluding hydrogens is 290 g/mol. The molecular formula is C10H16BrN3O3. The van der Waals surface area contributed by atoms with Gasteiger partial charge in [-0.25, -0.2) is 4.68 Å². The molecule has 0 spiro atoms. The molecule has 0 fully saturated rings. The third-order valence-electron chi connectivity index (χ3n) is 2.17. The first-order valence-corrected chi connectivity index (χ1v) is 6.14. The molecule has 1 atom stereocenters. The molecule has 6 nitrogen and oxygen atoms in total. The number of nitrogens with zero attached hydrogens (tertiary/aromatic N) is 2. The Morgan fingerprint density at radius 1 is 1.65 bits per heavy atom. The van der Waals surface area contributed by atoms with Gasteiger partial charge in [-0.1, -0.05) is 0 Å². The molecule has 1 aromatic heterocycles. The fourth-order valence-electron chi connectivity index (χ4n) is 1.26. The summed E-state index contributed by atoms with van der Waals surface area (Å²) in [5.41, 5.74) is 0.297. The maximum atomic E-state index is 11.7. The van der Waals surface area contributed by atoms with Gasteiger partial charge in [0.05, 0.1) is 31.1 Å². The lowest BCUT2D eigenvalue weighted by Crippen LogP contribution is -2.26. The molecule has 0 aliphatic carbocycles. The first-order valence-electron chi connectivity index (χ1n) is 5.34. The fourth-order valence-corrected chi connectivity index (χ4v) is 1.71.